The summed E-state index contributed by atoms with van der Waals surface area (Å²) in [6.45, 7) is 5.91. The van der Waals surface area contributed by atoms with Crippen LogP contribution in [-0.2, 0) is 0 Å². The molecule has 0 saturated carbocycles. The standard InChI is InChI=1S/C13H20N6S/c1-9-11(10(2)17-18-12(14)20)8-15-13(16-9)19-6-4-3-5-7-19/h8H,3-7H2,1-2H3,(H3,14,18,20)/b17-10-. The van der Waals surface area contributed by atoms with Gasteiger partial charge in [0.1, 0.15) is 0 Å². The van der Waals surface area contributed by atoms with Crippen LogP contribution in [0, 0.1) is 6.92 Å². The van der Waals surface area contributed by atoms with Crippen molar-refractivity contribution in [2.75, 3.05) is 18.0 Å². The Morgan fingerprint density at radius 2 is 2.10 bits per heavy atom. The van der Waals surface area contributed by atoms with Crippen LogP contribution in [0.5, 0.6) is 0 Å². The van der Waals surface area contributed by atoms with Gasteiger partial charge >= 0.3 is 0 Å². The number of anilines is 1. The Labute approximate surface area is 124 Å². The number of nitrogens with one attached hydrogen (secondary N) is 1. The molecule has 1 aliphatic heterocycles. The summed E-state index contributed by atoms with van der Waals surface area (Å²) in [7, 11) is 0. The van der Waals surface area contributed by atoms with E-state index in [-0.39, 0.29) is 5.11 Å². The molecule has 2 rings (SSSR count). The van der Waals surface area contributed by atoms with Crippen molar-refractivity contribution in [2.45, 2.75) is 33.1 Å². The van der Waals surface area contributed by atoms with Gasteiger partial charge in [0.2, 0.25) is 5.95 Å². The first-order valence-corrected chi connectivity index (χ1v) is 7.17. The van der Waals surface area contributed by atoms with Crippen molar-refractivity contribution in [3.8, 4) is 0 Å². The molecule has 0 unspecified atom stereocenters. The molecule has 0 aliphatic carbocycles. The van der Waals surface area contributed by atoms with Crippen molar-refractivity contribution in [3.63, 3.8) is 0 Å². The first-order valence-electron chi connectivity index (χ1n) is 6.76. The van der Waals surface area contributed by atoms with Crippen LogP contribution in [0.3, 0.4) is 0 Å². The first-order chi connectivity index (χ1) is 9.58. The molecule has 1 aromatic heterocycles. The maximum Gasteiger partial charge on any atom is 0.225 e. The van der Waals surface area contributed by atoms with E-state index in [9.17, 15) is 0 Å². The van der Waals surface area contributed by atoms with Crippen LogP contribution in [0.4, 0.5) is 5.95 Å². The van der Waals surface area contributed by atoms with E-state index in [2.05, 4.69) is 25.4 Å². The summed E-state index contributed by atoms with van der Waals surface area (Å²) in [5, 5.41) is 4.25. The van der Waals surface area contributed by atoms with E-state index >= 15 is 0 Å². The molecular formula is C13H20N6S. The molecule has 2 heterocycles. The van der Waals surface area contributed by atoms with E-state index < -0.39 is 0 Å². The van der Waals surface area contributed by atoms with Gasteiger partial charge in [-0.1, -0.05) is 0 Å². The van der Waals surface area contributed by atoms with Crippen molar-refractivity contribution in [1.82, 2.24) is 15.4 Å². The predicted octanol–water partition coefficient (Wildman–Crippen LogP) is 1.33. The Hall–Kier alpha value is -1.76. The number of hydrazone groups is 1. The number of thiocarbonyl (C=S) groups is 1. The van der Waals surface area contributed by atoms with Crippen LogP contribution < -0.4 is 16.1 Å². The second kappa shape index (κ2) is 6.60. The summed E-state index contributed by atoms with van der Waals surface area (Å²) in [4.78, 5) is 11.3. The average Bonchev–Trinajstić information content (AvgIpc) is 2.45. The summed E-state index contributed by atoms with van der Waals surface area (Å²) in [5.74, 6) is 0.807. The number of hydrogen-bond donors (Lipinski definition) is 2. The van der Waals surface area contributed by atoms with E-state index in [4.69, 9.17) is 18.0 Å². The minimum Gasteiger partial charge on any atom is -0.375 e. The number of aromatic nitrogens is 2. The zero-order chi connectivity index (χ0) is 14.5. The van der Waals surface area contributed by atoms with Crippen molar-refractivity contribution in [2.24, 2.45) is 10.8 Å². The van der Waals surface area contributed by atoms with E-state index in [1.54, 1.807) is 0 Å². The van der Waals surface area contributed by atoms with Gasteiger partial charge in [0, 0.05) is 24.8 Å². The second-order valence-electron chi connectivity index (χ2n) is 4.89. The summed E-state index contributed by atoms with van der Waals surface area (Å²) in [6, 6.07) is 0. The minimum atomic E-state index is 0.146. The molecular weight excluding hydrogens is 272 g/mol. The molecule has 6 nitrogen and oxygen atoms in total. The van der Waals surface area contributed by atoms with Crippen LogP contribution in [0.25, 0.3) is 0 Å². The van der Waals surface area contributed by atoms with Crippen molar-refractivity contribution in [3.05, 3.63) is 17.5 Å². The third kappa shape index (κ3) is 3.63. The third-order valence-electron chi connectivity index (χ3n) is 3.33. The van der Waals surface area contributed by atoms with E-state index in [1.165, 1.54) is 19.3 Å². The number of hydrogen-bond acceptors (Lipinski definition) is 5. The van der Waals surface area contributed by atoms with Crippen LogP contribution in [0.1, 0.15) is 37.4 Å². The summed E-state index contributed by atoms with van der Waals surface area (Å²) >= 11 is 4.72. The van der Waals surface area contributed by atoms with Crippen LogP contribution in [0.2, 0.25) is 0 Å². The smallest absolute Gasteiger partial charge is 0.225 e. The van der Waals surface area contributed by atoms with Gasteiger partial charge in [-0.15, -0.1) is 0 Å². The lowest BCUT2D eigenvalue weighted by molar-refractivity contribution is 0.567. The normalized spacial score (nSPS) is 16.1. The Balaban J connectivity index is 2.16. The van der Waals surface area contributed by atoms with Gasteiger partial charge in [-0.05, 0) is 45.3 Å². The van der Waals surface area contributed by atoms with Crippen molar-refractivity contribution in [1.29, 1.82) is 0 Å². The van der Waals surface area contributed by atoms with E-state index in [0.717, 1.165) is 36.0 Å². The lowest BCUT2D eigenvalue weighted by Gasteiger charge is -2.26. The Bertz CT molecular complexity index is 522. The zero-order valence-electron chi connectivity index (χ0n) is 11.9. The van der Waals surface area contributed by atoms with Crippen LogP contribution >= 0.6 is 12.2 Å². The van der Waals surface area contributed by atoms with Crippen LogP contribution in [0.15, 0.2) is 11.3 Å². The maximum atomic E-state index is 5.35. The Morgan fingerprint density at radius 3 is 2.70 bits per heavy atom. The summed E-state index contributed by atoms with van der Waals surface area (Å²) in [5.41, 5.74) is 10.5. The molecule has 1 aliphatic rings. The molecule has 7 heteroatoms. The fourth-order valence-corrected chi connectivity index (χ4v) is 2.30. The highest BCUT2D eigenvalue weighted by Crippen LogP contribution is 2.17. The fourth-order valence-electron chi connectivity index (χ4n) is 2.26. The quantitative estimate of drug-likeness (QED) is 0.497. The number of nitrogens with zero attached hydrogens (tertiary/aromatic N) is 4. The van der Waals surface area contributed by atoms with Gasteiger partial charge in [0.05, 0.1) is 11.4 Å². The predicted molar refractivity (Wildman–Crippen MR) is 85.0 cm³/mol. The number of nitrogens with two attached hydrogens (primary N) is 1. The second-order valence-corrected chi connectivity index (χ2v) is 5.33. The SMILES string of the molecule is C/C(=N/NC(N)=S)c1cnc(N2CCCCC2)nc1C. The lowest BCUT2D eigenvalue weighted by atomic mass is 10.1. The molecule has 0 radical (unpaired) electrons. The molecule has 0 spiro atoms. The molecule has 0 aromatic carbocycles. The average molecular weight is 292 g/mol. The van der Waals surface area contributed by atoms with Crippen LogP contribution in [-0.4, -0.2) is 33.9 Å². The Kier molecular flexibility index (Phi) is 4.84. The molecule has 20 heavy (non-hydrogen) atoms. The third-order valence-corrected chi connectivity index (χ3v) is 3.42. The van der Waals surface area contributed by atoms with Gasteiger partial charge in [-0.3, -0.25) is 5.43 Å². The van der Waals surface area contributed by atoms with Gasteiger partial charge in [0.25, 0.3) is 0 Å². The van der Waals surface area contributed by atoms with Gasteiger partial charge in [-0.2, -0.15) is 5.10 Å². The first kappa shape index (κ1) is 14.6. The van der Waals surface area contributed by atoms with Crippen molar-refractivity contribution >= 4 is 29.0 Å². The largest absolute Gasteiger partial charge is 0.375 e. The molecule has 1 fully saturated rings. The highest BCUT2D eigenvalue weighted by molar-refractivity contribution is 7.80. The number of piperidine rings is 1. The fraction of sp³-hybridized carbons (Fsp3) is 0.538. The highest BCUT2D eigenvalue weighted by atomic mass is 32.1. The van der Waals surface area contributed by atoms with Gasteiger partial charge in [0.15, 0.2) is 5.11 Å². The Morgan fingerprint density at radius 1 is 1.40 bits per heavy atom. The number of rotatable bonds is 3. The van der Waals surface area contributed by atoms with E-state index in [0.29, 0.717) is 0 Å². The van der Waals surface area contributed by atoms with Gasteiger partial charge in [-0.25, -0.2) is 9.97 Å². The summed E-state index contributed by atoms with van der Waals surface area (Å²) in [6.07, 6.45) is 5.53. The topological polar surface area (TPSA) is 79.4 Å². The molecule has 108 valence electrons. The summed E-state index contributed by atoms with van der Waals surface area (Å²) < 4.78 is 0. The van der Waals surface area contributed by atoms with E-state index in [1.807, 2.05) is 20.0 Å². The lowest BCUT2D eigenvalue weighted by Crippen LogP contribution is -2.31. The monoisotopic (exact) mass is 292 g/mol. The van der Waals surface area contributed by atoms with Crippen molar-refractivity contribution < 1.29 is 0 Å². The van der Waals surface area contributed by atoms with Gasteiger partial charge < -0.3 is 10.6 Å². The molecule has 1 aromatic rings. The minimum absolute atomic E-state index is 0.146. The maximum absolute atomic E-state index is 5.35. The number of aryl methyl sites for hydroxylation is 1. The molecule has 0 amide bonds. The highest BCUT2D eigenvalue weighted by Gasteiger charge is 2.15. The molecule has 0 atom stereocenters. The molecule has 1 saturated heterocycles. The molecule has 0 bridgehead atoms. The molecule has 3 N–H and O–H groups in total. The zero-order valence-corrected chi connectivity index (χ0v) is 12.7.